The van der Waals surface area contributed by atoms with Crippen LogP contribution in [0.1, 0.15) is 359 Å². The summed E-state index contributed by atoms with van der Waals surface area (Å²) in [6.45, 7) is 23.3. The van der Waals surface area contributed by atoms with Gasteiger partial charge in [0.05, 0.1) is 12.6 Å². The number of hydrogen-bond donors (Lipinski definition) is 4. The summed E-state index contributed by atoms with van der Waals surface area (Å²) in [4.78, 5) is 94.1. The number of esters is 1. The second-order valence-corrected chi connectivity index (χ2v) is 25.2. The van der Waals surface area contributed by atoms with Crippen LogP contribution in [0.4, 0.5) is 0 Å². The van der Waals surface area contributed by atoms with E-state index in [0.29, 0.717) is 78.3 Å². The number of fused-ring (bicyclic) bond motifs is 1. The van der Waals surface area contributed by atoms with Crippen molar-refractivity contribution in [3.8, 4) is 0 Å². The number of nitrogens with zero attached hydrogens (tertiary/aromatic N) is 6. The molecule has 106 heavy (non-hydrogen) atoms. The molecule has 20 heteroatoms. The second kappa shape index (κ2) is 50.8. The van der Waals surface area contributed by atoms with Gasteiger partial charge in [-0.1, -0.05) is 283 Å². The van der Waals surface area contributed by atoms with Gasteiger partial charge in [-0.15, -0.1) is 26.3 Å². The lowest BCUT2D eigenvalue weighted by atomic mass is 10.1. The van der Waals surface area contributed by atoms with Crippen LogP contribution in [0.3, 0.4) is 0 Å². The summed E-state index contributed by atoms with van der Waals surface area (Å²) in [5.74, 6) is -1.21. The molecule has 8 aromatic rings. The van der Waals surface area contributed by atoms with Crippen LogP contribution in [-0.2, 0) is 94.3 Å². The molecule has 3 saturated heterocycles. The maximum absolute atomic E-state index is 12.8. The van der Waals surface area contributed by atoms with E-state index in [1.165, 1.54) is 34.1 Å². The van der Waals surface area contributed by atoms with Crippen molar-refractivity contribution in [3.05, 3.63) is 338 Å². The molecule has 768 valence electrons. The van der Waals surface area contributed by atoms with Crippen molar-refractivity contribution in [1.29, 1.82) is 0 Å². The van der Waals surface area contributed by atoms with Gasteiger partial charge in [0, 0.05) is 423 Å². The Balaban J connectivity index is -0.0000000150. The molecule has 3 fully saturated rings. The summed E-state index contributed by atoms with van der Waals surface area (Å²) < 4.78 is 1020. The number of benzene rings is 8. The Bertz CT molecular complexity index is 4150. The number of alkyl halides is 1. The Morgan fingerprint density at radius 3 is 1.29 bits per heavy atom. The van der Waals surface area contributed by atoms with Crippen LogP contribution in [-0.4, -0.2) is 159 Å². The number of hydroxylamine groups is 2. The van der Waals surface area contributed by atoms with Crippen molar-refractivity contribution in [2.24, 2.45) is 17.6 Å². The predicted molar refractivity (Wildman–Crippen MR) is 643 cm³/mol. The SMILES string of the molecule is BrCc1ccccc1.C=CCN(Cc1ccccc1)C(=O)C=O.C=CCN(Cc1ccccc1)C(=O)CO.C=CCN(Cc1ccccc1)C(=O)COC(C)=O.C=CCNCc1ccccc1.NC1C(=O)N(Cc2ccccc2)CC1CO.O=C1C2C(CON2Cc2ccccc2)CN1Cc1ccccc1.[2HH].[2HH].[2HH].[2H][2H].[2H][2H].[2H][2H].[2H][2H].[2H][2H].[2H][2H].[2H][2H].[2H][2H].[2H][2H].[2H][2H].[2H][2H].[2H][2H].[2H][2H].[2H][2H].[2H][2H].[2H][2H].[2H][2H].[2H][2H].[2H][2H].[2H][2H].[2H][2H].[2H][2H].[2H][2H].[2H][2H].[2H][2H].[2H][2H].[2H][2H].[2H][2H].[2H][2H].[2H][2H].[2H][2H].[2H][2H].[2H][2H].[2H][2H].[2H][2H].[2H][2H].[2H][2H].[2H][2H].[2H][2H].[2H][2H].[2H][2H].[2H][2H].[2H][2H].[2H][2H].[2H][2H].[2H][2H].[2H][2H].[2H][2H].[2H][2H].[2H][2H].[2H][2H].[2H][2H].[2H][2H].[2H][2H].[2H][2H].[2H][2H].[2H][2H].[2H][2H].[2H][2H].[2H][2H].[2H][2H].[2H][2H].[2H][2H].[2H][2H].[2H][2H].[2H][2H].[2H][2H].[2H][2H].[2H][2H].[2H][2H].[2H][2H].[2H][2H].[2H][2H].[2H][2H].[2H][2H].[2H][2H].[2H][2H].[2H][2H].[2H][2H].[2H][2H].[2H][2H].[2H][2H].[2H][2H].[2H][2H].[2H][2H].[2H][2H].[2H][2H].[2H][2H].[2H][2H].[2H][2H].[2H][2H].[2H][2H].[2H][2H].[2H][2H].[2H][2H].[2H][2H].[2H][2H].[2H][2H].[2H][2H].[2H][2H].[2H][2H].[2H][2H]. The minimum absolute atomic E-state index is 0. The number of aldehydes is 1. The Hall–Kier alpha value is -10.6. The van der Waals surface area contributed by atoms with Crippen molar-refractivity contribution < 1.29 is 361 Å². The average molecular weight is 1920 g/mol. The largest absolute Gasteiger partial charge is 0.456 e. The van der Waals surface area contributed by atoms with Crippen LogP contribution in [0.5, 0.6) is 0 Å². The lowest BCUT2D eigenvalue weighted by Crippen LogP contribution is -2.38. The number of ether oxygens (including phenoxy) is 1. The van der Waals surface area contributed by atoms with Crippen molar-refractivity contribution >= 4 is 57.7 Å². The van der Waals surface area contributed by atoms with Crippen LogP contribution >= 0.6 is 15.9 Å². The van der Waals surface area contributed by atoms with E-state index in [1.54, 1.807) is 32.9 Å². The number of aliphatic hydroxyl groups is 2. The van der Waals surface area contributed by atoms with Gasteiger partial charge in [-0.05, 0) is 44.5 Å². The smallest absolute Gasteiger partial charge is 0.303 e. The van der Waals surface area contributed by atoms with E-state index in [2.05, 4.69) is 96.1 Å². The molecule has 3 heterocycles. The number of rotatable bonds is 28. The van der Waals surface area contributed by atoms with Crippen molar-refractivity contribution in [1.82, 2.24) is 34.9 Å². The molecular formula is C86H311BrN8O11. The number of hydrogen-bond acceptors (Lipinski definition) is 14. The molecule has 0 aliphatic carbocycles. The monoisotopic (exact) mass is 1920 g/mol. The van der Waals surface area contributed by atoms with E-state index in [9.17, 15) is 33.6 Å². The van der Waals surface area contributed by atoms with Gasteiger partial charge >= 0.3 is 5.97 Å². The fourth-order valence-electron chi connectivity index (χ4n) is 11.0. The fourth-order valence-corrected chi connectivity index (χ4v) is 11.4. The van der Waals surface area contributed by atoms with E-state index >= 15 is 0 Å². The number of amides is 5. The molecule has 19 nitrogen and oxygen atoms in total. The molecule has 5 N–H and O–H groups in total. The zero-order valence-electron chi connectivity index (χ0n) is 265. The molecular weight excluding hydrogens is 1400 g/mol. The van der Waals surface area contributed by atoms with Gasteiger partial charge < -0.3 is 50.5 Å². The zero-order chi connectivity index (χ0) is 281. The molecule has 0 radical (unpaired) electrons. The number of nitrogens with one attached hydrogen (secondary N) is 1. The summed E-state index contributed by atoms with van der Waals surface area (Å²) in [5.41, 5.74) is 14.9. The Morgan fingerprint density at radius 2 is 0.925 bits per heavy atom. The lowest BCUT2D eigenvalue weighted by Gasteiger charge is -2.23. The number of nitrogens with two attached hydrogens (primary N) is 1. The minimum Gasteiger partial charge on any atom is -0.456 e. The maximum Gasteiger partial charge on any atom is 0.303 e. The summed E-state index contributed by atoms with van der Waals surface area (Å²) in [6.07, 6.45) is 7.09. The quantitative estimate of drug-likeness (QED) is 0.00892. The van der Waals surface area contributed by atoms with Gasteiger partial charge in [-0.25, -0.2) is 0 Å². The molecule has 0 bridgehead atoms. The summed E-state index contributed by atoms with van der Waals surface area (Å²) >= 11 is 3.36. The van der Waals surface area contributed by atoms with Crippen LogP contribution < -0.4 is 11.1 Å². The molecule has 3 aliphatic rings. The van der Waals surface area contributed by atoms with Gasteiger partial charge in [0.25, 0.3) is 11.8 Å². The van der Waals surface area contributed by atoms with Gasteiger partial charge in [0.2, 0.25) is 24.0 Å². The Morgan fingerprint density at radius 1 is 0.547 bits per heavy atom. The van der Waals surface area contributed by atoms with Crippen molar-refractivity contribution in [3.63, 3.8) is 0 Å². The molecule has 4 atom stereocenters. The number of carbonyl (C=O) groups is 7. The highest BCUT2D eigenvalue weighted by atomic mass is 79.9. The average Bonchev–Trinajstić information content (AvgIpc) is 1.62. The first-order chi connectivity index (χ1) is 154. The third kappa shape index (κ3) is 32.2. The molecule has 8 aromatic carbocycles. The van der Waals surface area contributed by atoms with E-state index in [1.807, 2.05) is 210 Å². The summed E-state index contributed by atoms with van der Waals surface area (Å²) in [6, 6.07) is 78.8. The van der Waals surface area contributed by atoms with Gasteiger partial charge in [0.15, 0.2) is 6.61 Å². The first-order valence-electron chi connectivity index (χ1n) is 137. The third-order valence-corrected chi connectivity index (χ3v) is 17.1. The molecule has 3 aliphatic heterocycles. The topological polar surface area (TPSA) is 236 Å². The first kappa shape index (κ1) is 21.0. The number of likely N-dealkylation sites (tertiary alicyclic amines) is 2. The Labute approximate surface area is 952 Å². The van der Waals surface area contributed by atoms with E-state index < -0.39 is 24.5 Å². The molecule has 5 amide bonds. The van der Waals surface area contributed by atoms with Gasteiger partial charge in [-0.3, -0.25) is 38.4 Å². The van der Waals surface area contributed by atoms with E-state index in [-0.39, 0.29) is 59.0 Å². The molecule has 4 unspecified atom stereocenters. The molecule has 11 rings (SSSR count). The number of carbonyl (C=O) groups excluding carboxylic acids is 7. The van der Waals surface area contributed by atoms with Crippen LogP contribution in [0, 0.1) is 11.8 Å². The van der Waals surface area contributed by atoms with Crippen LogP contribution in [0.2, 0.25) is 0 Å². The van der Waals surface area contributed by atoms with E-state index in [0.717, 1.165) is 47.2 Å². The Kier molecular flexibility index (Phi) is 10.1. The molecule has 0 spiro atoms. The predicted octanol–water partition coefficient (Wildman–Crippen LogP) is 37.2. The van der Waals surface area contributed by atoms with Gasteiger partial charge in [-0.2, -0.15) is 5.06 Å². The zero-order valence-corrected chi connectivity index (χ0v) is 62.1. The highest BCUT2D eigenvalue weighted by Gasteiger charge is 2.49. The molecule has 0 aromatic heterocycles. The van der Waals surface area contributed by atoms with Gasteiger partial charge in [0.1, 0.15) is 12.6 Å². The maximum atomic E-state index is 12.8. The second-order valence-electron chi connectivity index (χ2n) is 24.6. The van der Waals surface area contributed by atoms with Crippen molar-refractivity contribution in [2.45, 2.75) is 70.2 Å². The van der Waals surface area contributed by atoms with E-state index in [4.69, 9.17) is 328 Å². The highest BCUT2D eigenvalue weighted by Crippen LogP contribution is 2.32. The molecule has 0 saturated carbocycles. The third-order valence-electron chi connectivity index (χ3n) is 16.4. The lowest BCUT2D eigenvalue weighted by molar-refractivity contribution is -0.162. The summed E-state index contributed by atoms with van der Waals surface area (Å²) in [7, 11) is 0. The normalized spacial score (nSPS) is 22.7. The minimum atomic E-state index is -0.547. The first-order valence-corrected chi connectivity index (χ1v) is 36.1. The highest BCUT2D eigenvalue weighted by molar-refractivity contribution is 9.08. The standard InChI is InChI=1S/C19H20N2O2.C14H17NO3.C12H16N2O2.C12H15NO2.C12H13NO2.C10H13N.C7H7Br.105H2/c22-19-18-17(13-20(19)11-15-7-3-1-4-8-15)14-23-21(18)12-16-9-5-2-6-10-16;1-3-9-15(14(17)11-18-12(2)16)10-13-7-5-4-6-8-13;13-11-10(8-15)7-14(12(11)16)6-9-4-2-1-3-5-9;2*1-2-8-13(12(15)10-14)9-11-6-4-3-5-7-11;1-2-8-11-9-10-6-4-3-5-7-10;8-6-7-4-2-1-3-5-7;;;;;;;;;;;;;;;;;;;;;;;;;;;;;;;;;;;;;;;;;;;;;;;;;;;;;;;;;;;;;;;;;;;;;;;;;;;;;;;;;;;;;;;;;;;;;;;;;;;;;;;;;/h1-10,17-18H,11-14H2;3-8H,1,9-11H2,2H3;1-5,10-11,15H,6-8,13H2;2-7,14H,1,8-10H2;2-7,10H,1,8-9H2;2-7,11H,1,8-9H2;1-5H,6H2;105*1H/i;;;;;;;102*1+1D;3*1+1. The van der Waals surface area contributed by atoms with Crippen LogP contribution in [0.25, 0.3) is 0 Å². The number of aliphatic hydroxyl groups excluding tert-OH is 2. The van der Waals surface area contributed by atoms with Crippen molar-refractivity contribution in [2.75, 3.05) is 65.7 Å². The number of halogens is 1. The van der Waals surface area contributed by atoms with Crippen LogP contribution in [0.15, 0.2) is 293 Å². The summed E-state index contributed by atoms with van der Waals surface area (Å²) in [5, 5.41) is 23.9. The fraction of sp³-hybridized carbons (Fsp3) is 0.267.